The van der Waals surface area contributed by atoms with Crippen LogP contribution in [0.25, 0.3) is 0 Å². The molecule has 100 valence electrons. The number of benzene rings is 1. The third-order valence-electron chi connectivity index (χ3n) is 3.07. The summed E-state index contributed by atoms with van der Waals surface area (Å²) in [6.45, 7) is 4.73. The van der Waals surface area contributed by atoms with E-state index in [2.05, 4.69) is 0 Å². The van der Waals surface area contributed by atoms with Crippen molar-refractivity contribution in [3.8, 4) is 6.07 Å². The molecule has 1 amide bonds. The Morgan fingerprint density at radius 2 is 2.05 bits per heavy atom. The zero-order valence-electron chi connectivity index (χ0n) is 11.3. The van der Waals surface area contributed by atoms with Crippen LogP contribution in [-0.4, -0.2) is 28.3 Å². The number of nitro benzene ring substituents is 1. The predicted molar refractivity (Wildman–Crippen MR) is 69.6 cm³/mol. The Bertz CT molecular complexity index is 573. The lowest BCUT2D eigenvalue weighted by Crippen LogP contribution is -2.44. The number of aryl methyl sites for hydroxylation is 1. The summed E-state index contributed by atoms with van der Waals surface area (Å²) >= 11 is 0. The number of carbonyl (C=O) groups excluding carboxylic acids is 1. The van der Waals surface area contributed by atoms with Crippen molar-refractivity contribution in [2.24, 2.45) is 0 Å². The molecule has 0 radical (unpaired) electrons. The molecular weight excluding hydrogens is 246 g/mol. The Labute approximate surface area is 111 Å². The number of nitrogens with zero attached hydrogens (tertiary/aromatic N) is 3. The van der Waals surface area contributed by atoms with Crippen molar-refractivity contribution < 1.29 is 9.72 Å². The summed E-state index contributed by atoms with van der Waals surface area (Å²) in [6, 6.07) is 6.55. The largest absolute Gasteiger partial charge is 0.323 e. The molecule has 6 heteroatoms. The maximum absolute atomic E-state index is 12.3. The molecule has 0 atom stereocenters. The molecule has 0 aliphatic heterocycles. The van der Waals surface area contributed by atoms with Gasteiger partial charge in [-0.3, -0.25) is 14.9 Å². The lowest BCUT2D eigenvalue weighted by molar-refractivity contribution is -0.385. The van der Waals surface area contributed by atoms with Crippen LogP contribution in [0.15, 0.2) is 18.2 Å². The van der Waals surface area contributed by atoms with Crippen molar-refractivity contribution in [3.63, 3.8) is 0 Å². The molecule has 0 fully saturated rings. The van der Waals surface area contributed by atoms with Gasteiger partial charge in [0.05, 0.1) is 11.0 Å². The SMILES string of the molecule is Cc1cccc(C(=O)N(C)C(C)(C)C#N)c1[N+](=O)[O-]. The number of hydrogen-bond donors (Lipinski definition) is 0. The summed E-state index contributed by atoms with van der Waals surface area (Å²) < 4.78 is 0. The first-order valence-corrected chi connectivity index (χ1v) is 5.65. The van der Waals surface area contributed by atoms with Crippen LogP contribution in [0.4, 0.5) is 5.69 Å². The van der Waals surface area contributed by atoms with Gasteiger partial charge < -0.3 is 4.90 Å². The predicted octanol–water partition coefficient (Wildman–Crippen LogP) is 2.28. The van der Waals surface area contributed by atoms with Crippen LogP contribution in [0.1, 0.15) is 29.8 Å². The minimum Gasteiger partial charge on any atom is -0.323 e. The van der Waals surface area contributed by atoms with E-state index in [4.69, 9.17) is 5.26 Å². The molecule has 0 saturated carbocycles. The van der Waals surface area contributed by atoms with E-state index in [0.29, 0.717) is 5.56 Å². The van der Waals surface area contributed by atoms with Crippen molar-refractivity contribution in [1.29, 1.82) is 5.26 Å². The van der Waals surface area contributed by atoms with E-state index in [9.17, 15) is 14.9 Å². The molecule has 0 N–H and O–H groups in total. The third-order valence-corrected chi connectivity index (χ3v) is 3.07. The minimum atomic E-state index is -1.03. The molecule has 0 aliphatic carbocycles. The molecular formula is C13H15N3O3. The number of hydrogen-bond acceptors (Lipinski definition) is 4. The Morgan fingerprint density at radius 1 is 1.47 bits per heavy atom. The number of rotatable bonds is 3. The van der Waals surface area contributed by atoms with Crippen LogP contribution in [-0.2, 0) is 0 Å². The quantitative estimate of drug-likeness (QED) is 0.616. The standard InChI is InChI=1S/C13H15N3O3/c1-9-6-5-7-10(11(9)16(18)19)12(17)15(4)13(2,3)8-14/h5-7H,1-4H3. The van der Waals surface area contributed by atoms with Gasteiger partial charge in [0.2, 0.25) is 0 Å². The van der Waals surface area contributed by atoms with Crippen LogP contribution < -0.4 is 0 Å². The van der Waals surface area contributed by atoms with Crippen molar-refractivity contribution >= 4 is 11.6 Å². The molecule has 0 saturated heterocycles. The zero-order chi connectivity index (χ0) is 14.8. The summed E-state index contributed by atoms with van der Waals surface area (Å²) in [7, 11) is 1.46. The smallest absolute Gasteiger partial charge is 0.285 e. The second kappa shape index (κ2) is 5.06. The van der Waals surface area contributed by atoms with Gasteiger partial charge >= 0.3 is 0 Å². The highest BCUT2D eigenvalue weighted by Crippen LogP contribution is 2.26. The lowest BCUT2D eigenvalue weighted by atomic mass is 10.0. The van der Waals surface area contributed by atoms with Crippen LogP contribution in [0.5, 0.6) is 0 Å². The Hall–Kier alpha value is -2.42. The van der Waals surface area contributed by atoms with Gasteiger partial charge in [0.1, 0.15) is 11.1 Å². The van der Waals surface area contributed by atoms with Gasteiger partial charge in [0.15, 0.2) is 0 Å². The highest BCUT2D eigenvalue weighted by Gasteiger charge is 2.32. The molecule has 0 unspecified atom stereocenters. The average Bonchev–Trinajstić information content (AvgIpc) is 2.36. The van der Waals surface area contributed by atoms with Crippen LogP contribution in [0.2, 0.25) is 0 Å². The van der Waals surface area contributed by atoms with E-state index in [1.54, 1.807) is 32.9 Å². The van der Waals surface area contributed by atoms with Crippen molar-refractivity contribution in [1.82, 2.24) is 4.90 Å². The van der Waals surface area contributed by atoms with E-state index in [1.165, 1.54) is 18.0 Å². The number of nitriles is 1. The molecule has 0 spiro atoms. The number of amides is 1. The number of para-hydroxylation sites is 1. The highest BCUT2D eigenvalue weighted by molar-refractivity contribution is 5.99. The molecule has 1 aromatic rings. The second-order valence-corrected chi connectivity index (χ2v) is 4.76. The van der Waals surface area contributed by atoms with Gasteiger partial charge in [-0.05, 0) is 26.8 Å². The summed E-state index contributed by atoms with van der Waals surface area (Å²) in [4.78, 5) is 24.0. The fourth-order valence-electron chi connectivity index (χ4n) is 1.58. The molecule has 19 heavy (non-hydrogen) atoms. The summed E-state index contributed by atoms with van der Waals surface area (Å²) in [6.07, 6.45) is 0. The first kappa shape index (κ1) is 14.6. The fraction of sp³-hybridized carbons (Fsp3) is 0.385. The van der Waals surface area contributed by atoms with Crippen LogP contribution >= 0.6 is 0 Å². The number of nitro groups is 1. The van der Waals surface area contributed by atoms with Crippen molar-refractivity contribution in [3.05, 3.63) is 39.4 Å². The fourth-order valence-corrected chi connectivity index (χ4v) is 1.58. The average molecular weight is 261 g/mol. The van der Waals surface area contributed by atoms with Crippen LogP contribution in [0.3, 0.4) is 0 Å². The van der Waals surface area contributed by atoms with Gasteiger partial charge in [-0.2, -0.15) is 5.26 Å². The highest BCUT2D eigenvalue weighted by atomic mass is 16.6. The lowest BCUT2D eigenvalue weighted by Gasteiger charge is -2.29. The first-order chi connectivity index (χ1) is 8.72. The summed E-state index contributed by atoms with van der Waals surface area (Å²) in [5.41, 5.74) is -0.836. The first-order valence-electron chi connectivity index (χ1n) is 5.65. The maximum Gasteiger partial charge on any atom is 0.285 e. The third kappa shape index (κ3) is 2.71. The zero-order valence-corrected chi connectivity index (χ0v) is 11.3. The molecule has 1 rings (SSSR count). The Morgan fingerprint density at radius 3 is 2.53 bits per heavy atom. The van der Waals surface area contributed by atoms with E-state index >= 15 is 0 Å². The van der Waals surface area contributed by atoms with E-state index in [-0.39, 0.29) is 11.3 Å². The topological polar surface area (TPSA) is 87.2 Å². The molecule has 0 bridgehead atoms. The summed E-state index contributed by atoms with van der Waals surface area (Å²) in [5.74, 6) is -0.540. The molecule has 0 aliphatic rings. The van der Waals surface area contributed by atoms with Gasteiger partial charge in [0.25, 0.3) is 11.6 Å². The molecule has 6 nitrogen and oxygen atoms in total. The molecule has 0 heterocycles. The van der Waals surface area contributed by atoms with E-state index in [0.717, 1.165) is 0 Å². The Kier molecular flexibility index (Phi) is 3.90. The van der Waals surface area contributed by atoms with Crippen molar-refractivity contribution in [2.45, 2.75) is 26.3 Å². The molecule has 1 aromatic carbocycles. The number of carbonyl (C=O) groups is 1. The normalized spacial score (nSPS) is 10.7. The van der Waals surface area contributed by atoms with Gasteiger partial charge in [-0.25, -0.2) is 0 Å². The second-order valence-electron chi connectivity index (χ2n) is 4.76. The minimum absolute atomic E-state index is 0.00387. The van der Waals surface area contributed by atoms with Crippen molar-refractivity contribution in [2.75, 3.05) is 7.05 Å². The van der Waals surface area contributed by atoms with Crippen LogP contribution in [0, 0.1) is 28.4 Å². The van der Waals surface area contributed by atoms with E-state index in [1.807, 2.05) is 6.07 Å². The van der Waals surface area contributed by atoms with Gasteiger partial charge in [-0.1, -0.05) is 12.1 Å². The monoisotopic (exact) mass is 261 g/mol. The maximum atomic E-state index is 12.3. The van der Waals surface area contributed by atoms with Gasteiger partial charge in [0, 0.05) is 12.6 Å². The van der Waals surface area contributed by atoms with E-state index < -0.39 is 16.4 Å². The summed E-state index contributed by atoms with van der Waals surface area (Å²) in [5, 5.41) is 20.1. The molecule has 0 aromatic heterocycles. The van der Waals surface area contributed by atoms with Gasteiger partial charge in [-0.15, -0.1) is 0 Å². The Balaban J connectivity index is 3.33.